The van der Waals surface area contributed by atoms with Gasteiger partial charge in [-0.05, 0) is 22.4 Å². The summed E-state index contributed by atoms with van der Waals surface area (Å²) < 4.78 is 0.805. The lowest BCUT2D eigenvalue weighted by Crippen LogP contribution is -2.49. The molecule has 0 saturated carbocycles. The summed E-state index contributed by atoms with van der Waals surface area (Å²) in [6.45, 7) is 2.68. The number of nitro benzene ring substituents is 1. The zero-order chi connectivity index (χ0) is 21.4. The SMILES string of the molecule is O=C(Cc1ccc2ccccc2c1)N1CCN(c2nc3ccc([N+](=O)[O-])cc3s2)CC1. The van der Waals surface area contributed by atoms with Gasteiger partial charge < -0.3 is 9.80 Å². The molecule has 8 heteroatoms. The van der Waals surface area contributed by atoms with E-state index in [0.29, 0.717) is 32.6 Å². The second-order valence-electron chi connectivity index (χ2n) is 7.63. The summed E-state index contributed by atoms with van der Waals surface area (Å²) in [6.07, 6.45) is 0.398. The average molecular weight is 433 g/mol. The van der Waals surface area contributed by atoms with Gasteiger partial charge in [-0.1, -0.05) is 53.8 Å². The largest absolute Gasteiger partial charge is 0.345 e. The van der Waals surface area contributed by atoms with Crippen LogP contribution in [0.4, 0.5) is 10.8 Å². The molecule has 1 aromatic heterocycles. The summed E-state index contributed by atoms with van der Waals surface area (Å²) in [7, 11) is 0. The first-order valence-electron chi connectivity index (χ1n) is 10.1. The smallest absolute Gasteiger partial charge is 0.270 e. The first-order chi connectivity index (χ1) is 15.1. The van der Waals surface area contributed by atoms with E-state index >= 15 is 0 Å². The number of carbonyl (C=O) groups excluding carboxylic acids is 1. The van der Waals surface area contributed by atoms with E-state index in [4.69, 9.17) is 0 Å². The number of piperazine rings is 1. The van der Waals surface area contributed by atoms with Crippen LogP contribution in [0, 0.1) is 10.1 Å². The van der Waals surface area contributed by atoms with Crippen molar-refractivity contribution in [2.45, 2.75) is 6.42 Å². The van der Waals surface area contributed by atoms with Gasteiger partial charge in [-0.2, -0.15) is 0 Å². The van der Waals surface area contributed by atoms with Gasteiger partial charge in [0.1, 0.15) is 0 Å². The molecule has 7 nitrogen and oxygen atoms in total. The number of benzene rings is 3. The second-order valence-corrected chi connectivity index (χ2v) is 8.64. The molecular formula is C23H20N4O3S. The molecule has 0 radical (unpaired) electrons. The molecule has 0 atom stereocenters. The molecule has 1 fully saturated rings. The number of fused-ring (bicyclic) bond motifs is 2. The van der Waals surface area contributed by atoms with E-state index in [9.17, 15) is 14.9 Å². The third-order valence-corrected chi connectivity index (χ3v) is 6.72. The molecule has 4 aromatic rings. The number of hydrogen-bond acceptors (Lipinski definition) is 6. The van der Waals surface area contributed by atoms with Crippen molar-refractivity contribution in [3.63, 3.8) is 0 Å². The summed E-state index contributed by atoms with van der Waals surface area (Å²) in [5, 5.41) is 14.2. The second kappa shape index (κ2) is 7.96. The van der Waals surface area contributed by atoms with Gasteiger partial charge in [0.2, 0.25) is 5.91 Å². The summed E-state index contributed by atoms with van der Waals surface area (Å²) in [5.74, 6) is 0.134. The van der Waals surface area contributed by atoms with Gasteiger partial charge in [0.15, 0.2) is 5.13 Å². The van der Waals surface area contributed by atoms with Crippen molar-refractivity contribution in [1.82, 2.24) is 9.88 Å². The molecule has 3 aromatic carbocycles. The third-order valence-electron chi connectivity index (χ3n) is 5.64. The predicted octanol–water partition coefficient (Wildman–Crippen LogP) is 4.25. The van der Waals surface area contributed by atoms with Crippen molar-refractivity contribution >= 4 is 49.1 Å². The number of nitro groups is 1. The number of carbonyl (C=O) groups is 1. The van der Waals surface area contributed by atoms with E-state index in [2.05, 4.69) is 34.1 Å². The topological polar surface area (TPSA) is 79.6 Å². The molecule has 156 valence electrons. The Bertz CT molecular complexity index is 1290. The van der Waals surface area contributed by atoms with E-state index < -0.39 is 4.92 Å². The van der Waals surface area contributed by atoms with Gasteiger partial charge in [-0.15, -0.1) is 0 Å². The van der Waals surface area contributed by atoms with E-state index in [1.54, 1.807) is 12.1 Å². The van der Waals surface area contributed by atoms with Crippen molar-refractivity contribution in [3.8, 4) is 0 Å². The Morgan fingerprint density at radius 1 is 1.00 bits per heavy atom. The Morgan fingerprint density at radius 2 is 1.77 bits per heavy atom. The van der Waals surface area contributed by atoms with Gasteiger partial charge >= 0.3 is 0 Å². The standard InChI is InChI=1S/C23H20N4O3S/c28-22(14-16-5-6-17-3-1-2-4-18(17)13-16)25-9-11-26(12-10-25)23-24-20-8-7-19(27(29)30)15-21(20)31-23/h1-8,13,15H,9-12,14H2. The van der Waals surface area contributed by atoms with Crippen LogP contribution < -0.4 is 4.90 Å². The van der Waals surface area contributed by atoms with Crippen LogP contribution in [0.1, 0.15) is 5.56 Å². The van der Waals surface area contributed by atoms with Crippen molar-refractivity contribution in [2.24, 2.45) is 0 Å². The van der Waals surface area contributed by atoms with Crippen LogP contribution in [-0.4, -0.2) is 46.9 Å². The minimum atomic E-state index is -0.390. The Morgan fingerprint density at radius 3 is 2.55 bits per heavy atom. The Hall–Kier alpha value is -3.52. The number of nitrogens with zero attached hydrogens (tertiary/aromatic N) is 4. The quantitative estimate of drug-likeness (QED) is 0.356. The minimum absolute atomic E-state index is 0.0757. The molecule has 0 unspecified atom stereocenters. The number of hydrogen-bond donors (Lipinski definition) is 0. The third kappa shape index (κ3) is 3.94. The monoisotopic (exact) mass is 432 g/mol. The van der Waals surface area contributed by atoms with Crippen LogP contribution in [0.5, 0.6) is 0 Å². The molecule has 2 heterocycles. The summed E-state index contributed by atoms with van der Waals surface area (Å²) in [4.78, 5) is 32.1. The molecular weight excluding hydrogens is 412 g/mol. The number of thiazole rings is 1. The highest BCUT2D eigenvalue weighted by molar-refractivity contribution is 7.22. The predicted molar refractivity (Wildman–Crippen MR) is 123 cm³/mol. The van der Waals surface area contributed by atoms with Gasteiger partial charge in [0.25, 0.3) is 5.69 Å². The minimum Gasteiger partial charge on any atom is -0.345 e. The van der Waals surface area contributed by atoms with Crippen LogP contribution in [0.15, 0.2) is 60.7 Å². The molecule has 1 saturated heterocycles. The van der Waals surface area contributed by atoms with Gasteiger partial charge in [-0.3, -0.25) is 14.9 Å². The van der Waals surface area contributed by atoms with E-state index in [-0.39, 0.29) is 11.6 Å². The highest BCUT2D eigenvalue weighted by atomic mass is 32.1. The lowest BCUT2D eigenvalue weighted by Gasteiger charge is -2.34. The summed E-state index contributed by atoms with van der Waals surface area (Å²) in [5.41, 5.74) is 1.87. The van der Waals surface area contributed by atoms with Crippen LogP contribution >= 0.6 is 11.3 Å². The highest BCUT2D eigenvalue weighted by Gasteiger charge is 2.23. The van der Waals surface area contributed by atoms with Crippen LogP contribution in [-0.2, 0) is 11.2 Å². The number of aromatic nitrogens is 1. The fraction of sp³-hybridized carbons (Fsp3) is 0.217. The lowest BCUT2D eigenvalue weighted by molar-refractivity contribution is -0.384. The maximum Gasteiger partial charge on any atom is 0.270 e. The van der Waals surface area contributed by atoms with E-state index in [1.165, 1.54) is 22.8 Å². The first-order valence-corrected chi connectivity index (χ1v) is 10.9. The van der Waals surface area contributed by atoms with Gasteiger partial charge in [-0.25, -0.2) is 4.98 Å². The zero-order valence-electron chi connectivity index (χ0n) is 16.7. The Kier molecular flexibility index (Phi) is 4.99. The number of rotatable bonds is 4. The van der Waals surface area contributed by atoms with Crippen molar-refractivity contribution in [1.29, 1.82) is 0 Å². The first kappa shape index (κ1) is 19.4. The molecule has 31 heavy (non-hydrogen) atoms. The summed E-state index contributed by atoms with van der Waals surface area (Å²) in [6, 6.07) is 19.1. The molecule has 5 rings (SSSR count). The van der Waals surface area contributed by atoms with Crippen LogP contribution in [0.3, 0.4) is 0 Å². The van der Waals surface area contributed by atoms with Crippen molar-refractivity contribution < 1.29 is 9.72 Å². The molecule has 1 aliphatic rings. The molecule has 0 spiro atoms. The Labute approximate surface area is 182 Å². The van der Waals surface area contributed by atoms with Crippen LogP contribution in [0.2, 0.25) is 0 Å². The molecule has 1 aliphatic heterocycles. The van der Waals surface area contributed by atoms with Gasteiger partial charge in [0.05, 0.1) is 21.6 Å². The number of non-ortho nitro benzene ring substituents is 1. The fourth-order valence-electron chi connectivity index (χ4n) is 3.93. The fourth-order valence-corrected chi connectivity index (χ4v) is 4.98. The number of amides is 1. The molecule has 1 amide bonds. The molecule has 0 N–H and O–H groups in total. The highest BCUT2D eigenvalue weighted by Crippen LogP contribution is 2.32. The number of anilines is 1. The maximum atomic E-state index is 12.8. The summed E-state index contributed by atoms with van der Waals surface area (Å²) >= 11 is 1.46. The lowest BCUT2D eigenvalue weighted by atomic mass is 10.0. The zero-order valence-corrected chi connectivity index (χ0v) is 17.5. The van der Waals surface area contributed by atoms with E-state index in [1.807, 2.05) is 23.1 Å². The normalized spacial score (nSPS) is 14.3. The van der Waals surface area contributed by atoms with Crippen molar-refractivity contribution in [3.05, 3.63) is 76.3 Å². The van der Waals surface area contributed by atoms with Crippen LogP contribution in [0.25, 0.3) is 21.0 Å². The van der Waals surface area contributed by atoms with Gasteiger partial charge in [0, 0.05) is 38.3 Å². The Balaban J connectivity index is 1.23. The molecule has 0 aliphatic carbocycles. The maximum absolute atomic E-state index is 12.8. The van der Waals surface area contributed by atoms with E-state index in [0.717, 1.165) is 26.3 Å². The average Bonchev–Trinajstić information content (AvgIpc) is 3.22. The van der Waals surface area contributed by atoms with Crippen molar-refractivity contribution in [2.75, 3.05) is 31.1 Å². The molecule has 0 bridgehead atoms.